The fourth-order valence-electron chi connectivity index (χ4n) is 13.0. The minimum absolute atomic E-state index is 0.427. The zero-order valence-electron chi connectivity index (χ0n) is 41.1. The van der Waals surface area contributed by atoms with E-state index in [1.54, 1.807) is 0 Å². The second-order valence-electron chi connectivity index (χ2n) is 20.5. The van der Waals surface area contributed by atoms with Crippen molar-refractivity contribution in [3.63, 3.8) is 0 Å². The number of benzene rings is 12. The Balaban J connectivity index is 0.824. The second kappa shape index (κ2) is 16.9. The minimum atomic E-state index is -0.492. The average Bonchev–Trinajstić information content (AvgIpc) is 3.92. The third-order valence-corrected chi connectivity index (χ3v) is 16.4. The lowest BCUT2D eigenvalue weighted by Gasteiger charge is -2.34. The molecule has 0 amide bonds. The summed E-state index contributed by atoms with van der Waals surface area (Å²) in [4.78, 5) is 0. The van der Waals surface area contributed by atoms with Gasteiger partial charge in [-0.3, -0.25) is 0 Å². The smallest absolute Gasteiger partial charge is 0.0622 e. The highest BCUT2D eigenvalue weighted by Crippen LogP contribution is 2.59. The normalized spacial score (nSPS) is 14.9. The molecule has 1 atom stereocenters. The molecule has 344 valence electrons. The molecule has 73 heavy (non-hydrogen) atoms. The monoisotopic (exact) mass is 928 g/mol. The zero-order chi connectivity index (χ0) is 48.7. The Bertz CT molecular complexity index is 4060. The van der Waals surface area contributed by atoms with Crippen LogP contribution in [0.4, 0.5) is 0 Å². The van der Waals surface area contributed by atoms with Crippen LogP contribution in [0.15, 0.2) is 267 Å². The first-order chi connectivity index (χ1) is 36.0. The molecule has 12 aromatic rings. The molecule has 1 unspecified atom stereocenters. The van der Waals surface area contributed by atoms with Crippen molar-refractivity contribution in [3.8, 4) is 44.5 Å². The summed E-state index contributed by atoms with van der Waals surface area (Å²) in [6.45, 7) is 4.35. The lowest BCUT2D eigenvalue weighted by Crippen LogP contribution is -2.28. The predicted molar refractivity (Wildman–Crippen MR) is 306 cm³/mol. The molecule has 0 fully saturated rings. The lowest BCUT2D eigenvalue weighted by molar-refractivity contribution is 0.767. The Morgan fingerprint density at radius 1 is 0.260 bits per heavy atom. The van der Waals surface area contributed by atoms with Crippen LogP contribution >= 0.6 is 0 Å². The molecular formula is C73H52. The van der Waals surface area contributed by atoms with E-state index in [1.807, 2.05) is 0 Å². The summed E-state index contributed by atoms with van der Waals surface area (Å²) >= 11 is 0. The lowest BCUT2D eigenvalue weighted by atomic mass is 9.67. The molecule has 0 heteroatoms. The summed E-state index contributed by atoms with van der Waals surface area (Å²) in [5.41, 5.74) is 24.9. The van der Waals surface area contributed by atoms with E-state index in [0.29, 0.717) is 0 Å². The molecule has 0 bridgehead atoms. The van der Waals surface area contributed by atoms with Gasteiger partial charge in [0.1, 0.15) is 0 Å². The maximum atomic E-state index is 2.48. The predicted octanol–water partition coefficient (Wildman–Crippen LogP) is 18.3. The quantitative estimate of drug-likeness (QED) is 0.142. The largest absolute Gasteiger partial charge is 0.0713 e. The number of hydrogen-bond acceptors (Lipinski definition) is 0. The Morgan fingerprint density at radius 3 is 1.44 bits per heavy atom. The van der Waals surface area contributed by atoms with Crippen molar-refractivity contribution >= 4 is 21.5 Å². The molecule has 2 aliphatic carbocycles. The summed E-state index contributed by atoms with van der Waals surface area (Å²) in [5.74, 6) is 0. The molecular weight excluding hydrogens is 877 g/mol. The fourth-order valence-corrected chi connectivity index (χ4v) is 13.0. The van der Waals surface area contributed by atoms with Gasteiger partial charge in [-0.05, 0) is 160 Å². The molecule has 0 saturated carbocycles. The Labute approximate surface area is 428 Å². The third-order valence-electron chi connectivity index (χ3n) is 16.4. The van der Waals surface area contributed by atoms with Gasteiger partial charge in [-0.15, -0.1) is 0 Å². The van der Waals surface area contributed by atoms with Crippen molar-refractivity contribution < 1.29 is 0 Å². The number of aryl methyl sites for hydroxylation is 2. The molecule has 0 heterocycles. The van der Waals surface area contributed by atoms with Crippen molar-refractivity contribution in [1.29, 1.82) is 0 Å². The van der Waals surface area contributed by atoms with Gasteiger partial charge in [0.2, 0.25) is 0 Å². The first-order valence-electron chi connectivity index (χ1n) is 25.8. The topological polar surface area (TPSA) is 0 Å². The van der Waals surface area contributed by atoms with Crippen LogP contribution in [0.2, 0.25) is 0 Å². The van der Waals surface area contributed by atoms with E-state index in [2.05, 4.69) is 281 Å². The summed E-state index contributed by atoms with van der Waals surface area (Å²) < 4.78 is 0. The van der Waals surface area contributed by atoms with E-state index in [9.17, 15) is 0 Å². The second-order valence-corrected chi connectivity index (χ2v) is 20.5. The molecule has 0 radical (unpaired) electrons. The van der Waals surface area contributed by atoms with E-state index in [1.165, 1.54) is 133 Å². The van der Waals surface area contributed by atoms with Gasteiger partial charge in [0.05, 0.1) is 10.8 Å². The van der Waals surface area contributed by atoms with Crippen molar-refractivity contribution in [2.24, 2.45) is 0 Å². The standard InChI is InChI=1S/C73H52/c1-48-25-37-61(38-26-48)73(67-21-11-9-18-64(67)65-41-36-57(47-70(65)73)56-33-32-52-42-49(2)24-30-54(52)45-56)62-39-28-50(29-40-62)43-51-27-31-55-46-58(35-34-53(55)44-51)63-20-13-23-69-71(63)66-19-10-12-22-68(66)72(69,59-14-5-3-6-15-59)60-16-7-4-8-17-60/h3-42,44-47H,43H2,1-2H3. The first-order valence-corrected chi connectivity index (χ1v) is 25.8. The maximum Gasteiger partial charge on any atom is 0.0713 e. The highest BCUT2D eigenvalue weighted by atomic mass is 14.5. The summed E-state index contributed by atoms with van der Waals surface area (Å²) in [6, 6.07) is 101. The number of fused-ring (bicyclic) bond motifs is 8. The number of hydrogen-bond donors (Lipinski definition) is 0. The van der Waals surface area contributed by atoms with Crippen LogP contribution in [0.1, 0.15) is 66.8 Å². The van der Waals surface area contributed by atoms with Crippen LogP contribution in [0.25, 0.3) is 66.1 Å². The van der Waals surface area contributed by atoms with E-state index < -0.39 is 10.8 Å². The molecule has 2 aliphatic rings. The van der Waals surface area contributed by atoms with Crippen LogP contribution in [-0.4, -0.2) is 0 Å². The number of rotatable bonds is 8. The summed E-state index contributed by atoms with van der Waals surface area (Å²) in [5, 5.41) is 5.04. The van der Waals surface area contributed by atoms with Crippen LogP contribution in [0, 0.1) is 13.8 Å². The Morgan fingerprint density at radius 2 is 0.712 bits per heavy atom. The maximum absolute atomic E-state index is 2.48. The average molecular weight is 929 g/mol. The summed E-state index contributed by atoms with van der Waals surface area (Å²) in [6.07, 6.45) is 0.846. The molecule has 12 aromatic carbocycles. The van der Waals surface area contributed by atoms with Crippen molar-refractivity contribution in [1.82, 2.24) is 0 Å². The van der Waals surface area contributed by atoms with Crippen LogP contribution in [-0.2, 0) is 17.3 Å². The van der Waals surface area contributed by atoms with Gasteiger partial charge in [-0.2, -0.15) is 0 Å². The first kappa shape index (κ1) is 43.0. The van der Waals surface area contributed by atoms with Gasteiger partial charge in [-0.25, -0.2) is 0 Å². The Kier molecular flexibility index (Phi) is 9.95. The zero-order valence-corrected chi connectivity index (χ0v) is 41.1. The van der Waals surface area contributed by atoms with E-state index >= 15 is 0 Å². The Hall–Kier alpha value is -8.84. The molecule has 0 aromatic heterocycles. The highest BCUT2D eigenvalue weighted by molar-refractivity contribution is 5.98. The van der Waals surface area contributed by atoms with Crippen LogP contribution < -0.4 is 0 Å². The molecule has 0 spiro atoms. The van der Waals surface area contributed by atoms with Crippen LogP contribution in [0.3, 0.4) is 0 Å². The van der Waals surface area contributed by atoms with Crippen molar-refractivity contribution in [2.45, 2.75) is 31.1 Å². The van der Waals surface area contributed by atoms with Gasteiger partial charge < -0.3 is 0 Å². The molecule has 14 rings (SSSR count). The molecule has 0 aliphatic heterocycles. The molecule has 0 N–H and O–H groups in total. The third kappa shape index (κ3) is 6.67. The fraction of sp³-hybridized carbons (Fsp3) is 0.0685. The van der Waals surface area contributed by atoms with Crippen molar-refractivity contribution in [3.05, 3.63) is 334 Å². The van der Waals surface area contributed by atoms with Gasteiger partial charge in [0.15, 0.2) is 0 Å². The molecule has 0 nitrogen and oxygen atoms in total. The summed E-state index contributed by atoms with van der Waals surface area (Å²) in [7, 11) is 0. The van der Waals surface area contributed by atoms with Gasteiger partial charge in [0, 0.05) is 0 Å². The van der Waals surface area contributed by atoms with Crippen LogP contribution in [0.5, 0.6) is 0 Å². The van der Waals surface area contributed by atoms with E-state index in [0.717, 1.165) is 6.42 Å². The van der Waals surface area contributed by atoms with Gasteiger partial charge in [-0.1, -0.05) is 260 Å². The molecule has 0 saturated heterocycles. The van der Waals surface area contributed by atoms with Crippen molar-refractivity contribution in [2.75, 3.05) is 0 Å². The van der Waals surface area contributed by atoms with Gasteiger partial charge in [0.25, 0.3) is 0 Å². The SMILES string of the molecule is Cc1ccc(C2(c3ccc(Cc4ccc5cc(-c6cccc7c6-c6ccccc6C7(c6ccccc6)c6ccccc6)ccc5c4)cc3)c3ccccc3-c3ccc(-c4ccc5cc(C)ccc5c4)cc32)cc1. The van der Waals surface area contributed by atoms with E-state index in [-0.39, 0.29) is 0 Å². The van der Waals surface area contributed by atoms with Gasteiger partial charge >= 0.3 is 0 Å². The van der Waals surface area contributed by atoms with E-state index in [4.69, 9.17) is 0 Å². The minimum Gasteiger partial charge on any atom is -0.0622 e. The highest BCUT2D eigenvalue weighted by Gasteiger charge is 2.48.